The predicted molar refractivity (Wildman–Crippen MR) is 65.3 cm³/mol. The van der Waals surface area contributed by atoms with E-state index < -0.39 is 0 Å². The van der Waals surface area contributed by atoms with Gasteiger partial charge in [0.2, 0.25) is 0 Å². The van der Waals surface area contributed by atoms with Crippen LogP contribution in [0.1, 0.15) is 33.9 Å². The van der Waals surface area contributed by atoms with Gasteiger partial charge in [-0.1, -0.05) is 5.16 Å². The Hall–Kier alpha value is -2.04. The summed E-state index contributed by atoms with van der Waals surface area (Å²) in [7, 11) is 0. The molecule has 0 aliphatic heterocycles. The first kappa shape index (κ1) is 12.4. The van der Waals surface area contributed by atoms with Gasteiger partial charge in [0.1, 0.15) is 17.8 Å². The quantitative estimate of drug-likeness (QED) is 0.824. The van der Waals surface area contributed by atoms with E-state index in [4.69, 9.17) is 8.94 Å². The summed E-state index contributed by atoms with van der Waals surface area (Å²) in [6.45, 7) is 4.24. The van der Waals surface area contributed by atoms with Crippen LogP contribution in [0, 0.1) is 13.8 Å². The number of nitrogens with one attached hydrogen (secondary N) is 1. The molecular formula is C13H16N2O3. The number of nitrogens with zero attached hydrogens (tertiary/aromatic N) is 1. The Bertz CT molecular complexity index is 514. The van der Waals surface area contributed by atoms with Crippen LogP contribution in [0.15, 0.2) is 27.5 Å². The summed E-state index contributed by atoms with van der Waals surface area (Å²) in [4.78, 5) is 11.8. The van der Waals surface area contributed by atoms with Crippen molar-refractivity contribution < 1.29 is 13.7 Å². The normalized spacial score (nSPS) is 10.6. The molecular weight excluding hydrogens is 232 g/mol. The number of hydrogen-bond donors (Lipinski definition) is 1. The second-order valence-corrected chi connectivity index (χ2v) is 4.22. The van der Waals surface area contributed by atoms with Gasteiger partial charge in [-0.3, -0.25) is 4.79 Å². The molecule has 2 aromatic heterocycles. The van der Waals surface area contributed by atoms with Crippen LogP contribution in [0.4, 0.5) is 0 Å². The number of amides is 1. The van der Waals surface area contributed by atoms with E-state index in [0.29, 0.717) is 17.9 Å². The minimum absolute atomic E-state index is 0.0883. The average Bonchev–Trinajstić information content (AvgIpc) is 2.94. The number of hydrogen-bond acceptors (Lipinski definition) is 4. The van der Waals surface area contributed by atoms with Crippen LogP contribution in [-0.4, -0.2) is 17.6 Å². The Labute approximate surface area is 105 Å². The van der Waals surface area contributed by atoms with E-state index in [2.05, 4.69) is 10.5 Å². The van der Waals surface area contributed by atoms with Crippen molar-refractivity contribution in [3.63, 3.8) is 0 Å². The molecule has 0 atom stereocenters. The van der Waals surface area contributed by atoms with Crippen molar-refractivity contribution in [1.82, 2.24) is 10.5 Å². The van der Waals surface area contributed by atoms with Crippen molar-refractivity contribution in [3.8, 4) is 0 Å². The molecule has 1 amide bonds. The minimum atomic E-state index is -0.0883. The molecule has 0 aromatic carbocycles. The summed E-state index contributed by atoms with van der Waals surface area (Å²) in [5, 5.41) is 6.49. The van der Waals surface area contributed by atoms with E-state index in [0.717, 1.165) is 24.2 Å². The Morgan fingerprint density at radius 1 is 1.44 bits per heavy atom. The zero-order valence-corrected chi connectivity index (χ0v) is 10.5. The molecule has 0 unspecified atom stereocenters. The highest BCUT2D eigenvalue weighted by Gasteiger charge is 2.12. The molecule has 0 aliphatic rings. The van der Waals surface area contributed by atoms with Gasteiger partial charge >= 0.3 is 0 Å². The van der Waals surface area contributed by atoms with Gasteiger partial charge < -0.3 is 14.3 Å². The van der Waals surface area contributed by atoms with Crippen molar-refractivity contribution in [2.24, 2.45) is 0 Å². The molecule has 0 saturated heterocycles. The molecule has 0 spiro atoms. The van der Waals surface area contributed by atoms with Crippen LogP contribution < -0.4 is 5.32 Å². The van der Waals surface area contributed by atoms with E-state index in [1.165, 1.54) is 0 Å². The summed E-state index contributed by atoms with van der Waals surface area (Å²) < 4.78 is 10.1. The molecule has 2 rings (SSSR count). The Balaban J connectivity index is 1.77. The number of carbonyl (C=O) groups is 1. The summed E-state index contributed by atoms with van der Waals surface area (Å²) in [5.41, 5.74) is 1.65. The lowest BCUT2D eigenvalue weighted by atomic mass is 10.2. The maximum Gasteiger partial charge on any atom is 0.254 e. The smallest absolute Gasteiger partial charge is 0.254 e. The van der Waals surface area contributed by atoms with E-state index in [-0.39, 0.29) is 5.91 Å². The SMILES string of the molecule is Cc1cc(C(=O)NCCCc2cnoc2)c(C)o1. The molecule has 96 valence electrons. The Morgan fingerprint density at radius 2 is 2.28 bits per heavy atom. The van der Waals surface area contributed by atoms with Gasteiger partial charge in [-0.2, -0.15) is 0 Å². The number of aryl methyl sites for hydroxylation is 3. The average molecular weight is 248 g/mol. The first-order valence-electron chi connectivity index (χ1n) is 5.90. The van der Waals surface area contributed by atoms with E-state index in [1.807, 2.05) is 6.92 Å². The lowest BCUT2D eigenvalue weighted by molar-refractivity contribution is 0.0951. The van der Waals surface area contributed by atoms with Crippen LogP contribution >= 0.6 is 0 Å². The molecule has 2 heterocycles. The molecule has 5 heteroatoms. The maximum absolute atomic E-state index is 11.8. The zero-order chi connectivity index (χ0) is 13.0. The van der Waals surface area contributed by atoms with Crippen LogP contribution in [0.5, 0.6) is 0 Å². The topological polar surface area (TPSA) is 68.3 Å². The summed E-state index contributed by atoms with van der Waals surface area (Å²) in [5.74, 6) is 1.32. The van der Waals surface area contributed by atoms with Gasteiger partial charge in [-0.05, 0) is 32.8 Å². The molecule has 0 aliphatic carbocycles. The summed E-state index contributed by atoms with van der Waals surface area (Å²) in [6, 6.07) is 1.75. The third kappa shape index (κ3) is 3.00. The number of furan rings is 1. The number of aromatic nitrogens is 1. The first-order valence-corrected chi connectivity index (χ1v) is 5.90. The Kier molecular flexibility index (Phi) is 3.82. The molecule has 0 fully saturated rings. The van der Waals surface area contributed by atoms with E-state index >= 15 is 0 Å². The predicted octanol–water partition coefficient (Wildman–Crippen LogP) is 2.25. The molecule has 2 aromatic rings. The van der Waals surface area contributed by atoms with Gasteiger partial charge in [0, 0.05) is 12.1 Å². The van der Waals surface area contributed by atoms with Crippen LogP contribution in [-0.2, 0) is 6.42 Å². The number of rotatable bonds is 5. The second-order valence-electron chi connectivity index (χ2n) is 4.22. The lowest BCUT2D eigenvalue weighted by Gasteiger charge is -2.03. The van der Waals surface area contributed by atoms with Crippen LogP contribution in [0.2, 0.25) is 0 Å². The van der Waals surface area contributed by atoms with Gasteiger partial charge in [-0.25, -0.2) is 0 Å². The van der Waals surface area contributed by atoms with Crippen molar-refractivity contribution in [2.75, 3.05) is 6.54 Å². The molecule has 0 radical (unpaired) electrons. The molecule has 5 nitrogen and oxygen atoms in total. The molecule has 1 N–H and O–H groups in total. The van der Waals surface area contributed by atoms with Crippen molar-refractivity contribution in [3.05, 3.63) is 41.2 Å². The first-order chi connectivity index (χ1) is 8.66. The maximum atomic E-state index is 11.8. The summed E-state index contributed by atoms with van der Waals surface area (Å²) in [6.07, 6.45) is 4.99. The second kappa shape index (κ2) is 5.53. The zero-order valence-electron chi connectivity index (χ0n) is 10.5. The van der Waals surface area contributed by atoms with E-state index in [9.17, 15) is 4.79 Å². The lowest BCUT2D eigenvalue weighted by Crippen LogP contribution is -2.24. The largest absolute Gasteiger partial charge is 0.466 e. The third-order valence-corrected chi connectivity index (χ3v) is 2.70. The minimum Gasteiger partial charge on any atom is -0.466 e. The fraction of sp³-hybridized carbons (Fsp3) is 0.385. The van der Waals surface area contributed by atoms with Crippen molar-refractivity contribution in [2.45, 2.75) is 26.7 Å². The van der Waals surface area contributed by atoms with Crippen LogP contribution in [0.25, 0.3) is 0 Å². The number of carbonyl (C=O) groups excluding carboxylic acids is 1. The van der Waals surface area contributed by atoms with Gasteiger partial charge in [-0.15, -0.1) is 0 Å². The molecule has 0 saturated carbocycles. The van der Waals surface area contributed by atoms with Crippen LogP contribution in [0.3, 0.4) is 0 Å². The molecule has 18 heavy (non-hydrogen) atoms. The third-order valence-electron chi connectivity index (χ3n) is 2.70. The van der Waals surface area contributed by atoms with Crippen molar-refractivity contribution in [1.29, 1.82) is 0 Å². The monoisotopic (exact) mass is 248 g/mol. The van der Waals surface area contributed by atoms with E-state index in [1.54, 1.807) is 25.5 Å². The standard InChI is InChI=1S/C13H16N2O3/c1-9-6-12(10(2)18-9)13(16)14-5-3-4-11-7-15-17-8-11/h6-8H,3-5H2,1-2H3,(H,14,16). The van der Waals surface area contributed by atoms with Crippen molar-refractivity contribution >= 4 is 5.91 Å². The van der Waals surface area contributed by atoms with Gasteiger partial charge in [0.05, 0.1) is 11.8 Å². The Morgan fingerprint density at radius 3 is 2.89 bits per heavy atom. The fourth-order valence-corrected chi connectivity index (χ4v) is 1.80. The highest BCUT2D eigenvalue weighted by atomic mass is 16.5. The van der Waals surface area contributed by atoms with Gasteiger partial charge in [0.25, 0.3) is 5.91 Å². The highest BCUT2D eigenvalue weighted by Crippen LogP contribution is 2.13. The van der Waals surface area contributed by atoms with Gasteiger partial charge in [0.15, 0.2) is 0 Å². The highest BCUT2D eigenvalue weighted by molar-refractivity contribution is 5.95. The molecule has 0 bridgehead atoms. The fourth-order valence-electron chi connectivity index (χ4n) is 1.80. The summed E-state index contributed by atoms with van der Waals surface area (Å²) >= 11 is 0.